The van der Waals surface area contributed by atoms with Crippen molar-refractivity contribution in [1.82, 2.24) is 15.2 Å². The molecule has 61 heavy (non-hydrogen) atoms. The van der Waals surface area contributed by atoms with Crippen molar-refractivity contribution in [2.45, 2.75) is 40.2 Å². The van der Waals surface area contributed by atoms with E-state index < -0.39 is 15.8 Å². The maximum atomic E-state index is 14.5. The van der Waals surface area contributed by atoms with E-state index in [9.17, 15) is 13.2 Å². The number of pyridine rings is 1. The zero-order valence-corrected chi connectivity index (χ0v) is 35.5. The van der Waals surface area contributed by atoms with Crippen LogP contribution in [0.5, 0.6) is 0 Å². The van der Waals surface area contributed by atoms with Crippen LogP contribution in [0.25, 0.3) is 0 Å². The summed E-state index contributed by atoms with van der Waals surface area (Å²) < 4.78 is 57.4. The van der Waals surface area contributed by atoms with Crippen molar-refractivity contribution >= 4 is 29.3 Å². The predicted molar refractivity (Wildman–Crippen MR) is 240 cm³/mol. The van der Waals surface area contributed by atoms with Crippen LogP contribution in [0.3, 0.4) is 0 Å². The quantitative estimate of drug-likeness (QED) is 0.0859. The first-order valence-corrected chi connectivity index (χ1v) is 22.9. The van der Waals surface area contributed by atoms with Gasteiger partial charge in [-0.2, -0.15) is 4.39 Å². The van der Waals surface area contributed by atoms with Gasteiger partial charge < -0.3 is 19.7 Å². The monoisotopic (exact) mass is 858 g/mol. The molecule has 3 fully saturated rings. The fourth-order valence-electron chi connectivity index (χ4n) is 8.72. The number of hydrogen-bond acceptors (Lipinski definition) is 8. The van der Waals surface area contributed by atoms with Gasteiger partial charge in [0.1, 0.15) is 17.5 Å². The molecule has 5 atom stereocenters. The van der Waals surface area contributed by atoms with Crippen LogP contribution in [0.1, 0.15) is 45.1 Å². The lowest BCUT2D eigenvalue weighted by molar-refractivity contribution is -0.0151. The lowest BCUT2D eigenvalue weighted by Gasteiger charge is -2.37. The Morgan fingerprint density at radius 2 is 1.30 bits per heavy atom. The third-order valence-electron chi connectivity index (χ3n) is 11.8. The summed E-state index contributed by atoms with van der Waals surface area (Å²) in [6.45, 7) is 5.15. The summed E-state index contributed by atoms with van der Waals surface area (Å²) in [7, 11) is 0. The minimum absolute atomic E-state index is 0.0576. The van der Waals surface area contributed by atoms with Gasteiger partial charge in [-0.1, -0.05) is 115 Å². The highest BCUT2D eigenvalue weighted by Gasteiger charge is 2.51. The maximum absolute atomic E-state index is 14.5. The Kier molecular flexibility index (Phi) is 12.8. The summed E-state index contributed by atoms with van der Waals surface area (Å²) in [6, 6.07) is 47.7. The average molecular weight is 859 g/mol. The van der Waals surface area contributed by atoms with E-state index in [4.69, 9.17) is 9.47 Å². The molecular weight excluding hydrogens is 810 g/mol. The van der Waals surface area contributed by atoms with Crippen LogP contribution >= 0.6 is 23.5 Å². The van der Waals surface area contributed by atoms with Crippen molar-refractivity contribution in [3.63, 3.8) is 0 Å². The molecule has 0 aliphatic carbocycles. The van der Waals surface area contributed by atoms with Gasteiger partial charge in [0.2, 0.25) is 5.95 Å². The molecule has 1 N–H and O–H groups in total. The number of anilines is 1. The fourth-order valence-corrected chi connectivity index (χ4v) is 11.8. The summed E-state index contributed by atoms with van der Waals surface area (Å²) in [4.78, 5) is 6.90. The third kappa shape index (κ3) is 9.28. The van der Waals surface area contributed by atoms with Gasteiger partial charge in [-0.05, 0) is 89.2 Å². The number of nitrogens with zero attached hydrogens (tertiary/aromatic N) is 3. The number of hydrogen-bond donors (Lipinski definition) is 1. The number of aryl methyl sites for hydroxylation is 1. The molecule has 5 unspecified atom stereocenters. The lowest BCUT2D eigenvalue weighted by Crippen LogP contribution is -2.49. The molecule has 4 heterocycles. The third-order valence-corrected chi connectivity index (χ3v) is 15.1. The zero-order valence-electron chi connectivity index (χ0n) is 33.8. The molecule has 314 valence electrons. The number of thioether (sulfide) groups is 2. The smallest absolute Gasteiger partial charge is 0.214 e. The van der Waals surface area contributed by atoms with Crippen LogP contribution in [0.2, 0.25) is 0 Å². The lowest BCUT2D eigenvalue weighted by atomic mass is 9.96. The number of benzene rings is 5. The SMILES string of the molecule is Fc1ccc(C2(c3cccc(C4SC(c5ccccc5)(c5ccc(F)cc5)OC4CN4CCN(c5cccc(F)n5)CC4)c3)OC(CNCCCc3ccccc3)CS2)cc1. The molecule has 3 saturated heterocycles. The van der Waals surface area contributed by atoms with Gasteiger partial charge in [0, 0.05) is 45.0 Å². The second-order valence-corrected chi connectivity index (χ2v) is 18.4. The van der Waals surface area contributed by atoms with E-state index in [0.29, 0.717) is 32.0 Å². The first-order chi connectivity index (χ1) is 29.9. The van der Waals surface area contributed by atoms with Crippen molar-refractivity contribution in [2.24, 2.45) is 0 Å². The molecule has 6 nitrogen and oxygen atoms in total. The minimum atomic E-state index is -0.919. The van der Waals surface area contributed by atoms with Gasteiger partial charge in [-0.25, -0.2) is 13.8 Å². The molecular formula is C50H49F3N4O2S2. The molecule has 1 aromatic heterocycles. The van der Waals surface area contributed by atoms with Crippen LogP contribution in [0.4, 0.5) is 19.0 Å². The maximum Gasteiger partial charge on any atom is 0.214 e. The highest BCUT2D eigenvalue weighted by atomic mass is 32.2. The molecule has 0 saturated carbocycles. The van der Waals surface area contributed by atoms with Crippen LogP contribution < -0.4 is 10.2 Å². The largest absolute Gasteiger partial charge is 0.354 e. The molecule has 6 aromatic rings. The molecule has 5 aromatic carbocycles. The van der Waals surface area contributed by atoms with Crippen molar-refractivity contribution in [1.29, 1.82) is 0 Å². The second kappa shape index (κ2) is 18.8. The topological polar surface area (TPSA) is 49.9 Å². The summed E-state index contributed by atoms with van der Waals surface area (Å²) >= 11 is 3.49. The molecule has 3 aliphatic rings. The first-order valence-electron chi connectivity index (χ1n) is 21.1. The van der Waals surface area contributed by atoms with Gasteiger partial charge in [-0.15, -0.1) is 23.5 Å². The summed E-state index contributed by atoms with van der Waals surface area (Å²) in [5.41, 5.74) is 6.15. The highest BCUT2D eigenvalue weighted by Crippen LogP contribution is 2.60. The zero-order chi connectivity index (χ0) is 41.7. The Morgan fingerprint density at radius 3 is 2.00 bits per heavy atom. The van der Waals surface area contributed by atoms with E-state index >= 15 is 0 Å². The Hall–Kier alpha value is -4.62. The normalized spacial score (nSPS) is 24.3. The number of rotatable bonds is 14. The molecule has 9 rings (SSSR count). The van der Waals surface area contributed by atoms with Gasteiger partial charge >= 0.3 is 0 Å². The number of nitrogens with one attached hydrogen (secondary N) is 1. The van der Waals surface area contributed by atoms with Crippen LogP contribution in [-0.4, -0.2) is 73.7 Å². The highest BCUT2D eigenvalue weighted by molar-refractivity contribution is 8.01. The molecule has 0 radical (unpaired) electrons. The Labute approximate surface area is 364 Å². The standard InChI is InChI=1S/C50H49F3N4O2S2/c51-42-23-19-39(20-24-42)49(58-44(35-60-49)33-54-27-9-12-36-10-3-1-4-11-36)41-16-7-13-37(32-41)48-45(34-56-28-30-57(31-29-56)47-18-8-17-46(53)55-47)59-50(61-48,38-14-5-2-6-15-38)40-21-25-43(52)26-22-40/h1-8,10-11,13-26,32,44-45,48,54H,9,12,27-31,33-35H2. The minimum Gasteiger partial charge on any atom is -0.354 e. The Bertz CT molecular complexity index is 2360. The molecule has 11 heteroatoms. The first kappa shape index (κ1) is 41.7. The van der Waals surface area contributed by atoms with Crippen LogP contribution in [0, 0.1) is 17.6 Å². The van der Waals surface area contributed by atoms with E-state index in [0.717, 1.165) is 66.0 Å². The van der Waals surface area contributed by atoms with Crippen molar-refractivity contribution in [3.8, 4) is 0 Å². The van der Waals surface area contributed by atoms with E-state index in [1.54, 1.807) is 29.6 Å². The summed E-state index contributed by atoms with van der Waals surface area (Å²) in [5.74, 6) is 0.340. The van der Waals surface area contributed by atoms with E-state index in [1.165, 1.54) is 35.9 Å². The van der Waals surface area contributed by atoms with Crippen molar-refractivity contribution in [3.05, 3.63) is 203 Å². The number of halogens is 3. The van der Waals surface area contributed by atoms with Gasteiger partial charge in [0.05, 0.1) is 17.5 Å². The second-order valence-electron chi connectivity index (χ2n) is 15.9. The number of piperazine rings is 1. The molecule has 0 spiro atoms. The van der Waals surface area contributed by atoms with E-state index in [1.807, 2.05) is 54.6 Å². The summed E-state index contributed by atoms with van der Waals surface area (Å²) in [6.07, 6.45) is 1.72. The Morgan fingerprint density at radius 1 is 0.656 bits per heavy atom. The van der Waals surface area contributed by atoms with E-state index in [-0.39, 0.29) is 29.1 Å². The average Bonchev–Trinajstić information content (AvgIpc) is 3.91. The van der Waals surface area contributed by atoms with Gasteiger partial charge in [-0.3, -0.25) is 4.90 Å². The number of ether oxygens (including phenoxy) is 2. The fraction of sp³-hybridized carbons (Fsp3) is 0.300. The van der Waals surface area contributed by atoms with Crippen molar-refractivity contribution < 1.29 is 22.6 Å². The van der Waals surface area contributed by atoms with Crippen LogP contribution in [0.15, 0.2) is 152 Å². The van der Waals surface area contributed by atoms with Crippen molar-refractivity contribution in [2.75, 3.05) is 56.5 Å². The molecule has 0 bridgehead atoms. The number of aromatic nitrogens is 1. The van der Waals surface area contributed by atoms with Gasteiger partial charge in [0.25, 0.3) is 0 Å². The van der Waals surface area contributed by atoms with E-state index in [2.05, 4.69) is 80.8 Å². The molecule has 3 aliphatic heterocycles. The molecule has 0 amide bonds. The van der Waals surface area contributed by atoms with Crippen LogP contribution in [-0.2, 0) is 25.8 Å². The Balaban J connectivity index is 1.01. The summed E-state index contributed by atoms with van der Waals surface area (Å²) in [5, 5.41) is 3.50. The van der Waals surface area contributed by atoms with Gasteiger partial charge in [0.15, 0.2) is 9.87 Å². The predicted octanol–water partition coefficient (Wildman–Crippen LogP) is 9.95.